The van der Waals surface area contributed by atoms with E-state index in [1.54, 1.807) is 0 Å². The first-order valence-corrected chi connectivity index (χ1v) is 8.27. The van der Waals surface area contributed by atoms with Gasteiger partial charge in [-0.3, -0.25) is 0 Å². The maximum Gasteiger partial charge on any atom is 0.0571 e. The van der Waals surface area contributed by atoms with Crippen LogP contribution < -0.4 is 0 Å². The molecule has 2 aliphatic rings. The van der Waals surface area contributed by atoms with E-state index in [0.717, 1.165) is 23.7 Å². The van der Waals surface area contributed by atoms with Crippen LogP contribution in [0.25, 0.3) is 0 Å². The Morgan fingerprint density at radius 2 is 1.72 bits per heavy atom. The molecule has 3 atom stereocenters. The van der Waals surface area contributed by atoms with Gasteiger partial charge < -0.3 is 4.74 Å². The maximum absolute atomic E-state index is 5.50. The van der Waals surface area contributed by atoms with Crippen molar-refractivity contribution in [1.82, 2.24) is 0 Å². The fourth-order valence-corrected chi connectivity index (χ4v) is 4.65. The number of methoxy groups -OCH3 is 1. The van der Waals surface area contributed by atoms with E-state index >= 15 is 0 Å². The van der Waals surface area contributed by atoms with E-state index in [0.29, 0.717) is 6.10 Å². The minimum atomic E-state index is 0.563. The van der Waals surface area contributed by atoms with E-state index in [2.05, 4.69) is 13.8 Å². The van der Waals surface area contributed by atoms with Gasteiger partial charge in [0, 0.05) is 7.11 Å². The normalized spacial score (nSPS) is 41.8. The van der Waals surface area contributed by atoms with Gasteiger partial charge in [-0.15, -0.1) is 0 Å². The summed E-state index contributed by atoms with van der Waals surface area (Å²) in [5.41, 5.74) is 0. The van der Waals surface area contributed by atoms with Gasteiger partial charge in [-0.2, -0.15) is 0 Å². The molecule has 1 unspecified atom stereocenters. The second kappa shape index (κ2) is 6.93. The Kier molecular flexibility index (Phi) is 5.54. The highest BCUT2D eigenvalue weighted by molar-refractivity contribution is 4.85. The van der Waals surface area contributed by atoms with Crippen molar-refractivity contribution in [3.8, 4) is 0 Å². The Hall–Kier alpha value is -0.0400. The quantitative estimate of drug-likeness (QED) is 0.680. The summed E-state index contributed by atoms with van der Waals surface area (Å²) in [4.78, 5) is 0. The SMILES string of the molecule is CCC[C@H]1CCC([C@H]2CC[C@H](OC)CC2)[C@H](C)C1. The van der Waals surface area contributed by atoms with Crippen molar-refractivity contribution in [3.05, 3.63) is 0 Å². The third kappa shape index (κ3) is 3.50. The lowest BCUT2D eigenvalue weighted by Crippen LogP contribution is -2.32. The van der Waals surface area contributed by atoms with Gasteiger partial charge in [-0.1, -0.05) is 33.1 Å². The van der Waals surface area contributed by atoms with Crippen molar-refractivity contribution < 1.29 is 4.74 Å². The van der Waals surface area contributed by atoms with Crippen LogP contribution in [0.15, 0.2) is 0 Å². The first-order chi connectivity index (χ1) is 8.74. The molecular weight excluding hydrogens is 220 g/mol. The summed E-state index contributed by atoms with van der Waals surface area (Å²) in [6, 6.07) is 0. The zero-order valence-corrected chi connectivity index (χ0v) is 12.7. The Labute approximate surface area is 114 Å². The second-order valence-corrected chi connectivity index (χ2v) is 6.88. The number of ether oxygens (including phenoxy) is 1. The molecule has 0 N–H and O–H groups in total. The van der Waals surface area contributed by atoms with E-state index in [1.807, 2.05) is 7.11 Å². The minimum Gasteiger partial charge on any atom is -0.381 e. The Morgan fingerprint density at radius 3 is 2.28 bits per heavy atom. The van der Waals surface area contributed by atoms with Crippen LogP contribution in [0.4, 0.5) is 0 Å². The van der Waals surface area contributed by atoms with Crippen LogP contribution in [-0.2, 0) is 4.74 Å². The van der Waals surface area contributed by atoms with Crippen molar-refractivity contribution in [2.75, 3.05) is 7.11 Å². The average molecular weight is 252 g/mol. The van der Waals surface area contributed by atoms with Gasteiger partial charge in [-0.25, -0.2) is 0 Å². The van der Waals surface area contributed by atoms with E-state index in [9.17, 15) is 0 Å². The van der Waals surface area contributed by atoms with Gasteiger partial charge in [-0.05, 0) is 62.2 Å². The summed E-state index contributed by atoms with van der Waals surface area (Å²) in [7, 11) is 1.88. The van der Waals surface area contributed by atoms with Crippen molar-refractivity contribution in [3.63, 3.8) is 0 Å². The molecule has 2 aliphatic carbocycles. The summed E-state index contributed by atoms with van der Waals surface area (Å²) in [5, 5.41) is 0. The molecule has 1 nitrogen and oxygen atoms in total. The molecule has 2 saturated carbocycles. The molecule has 1 heteroatoms. The van der Waals surface area contributed by atoms with E-state index in [4.69, 9.17) is 4.74 Å². The summed E-state index contributed by atoms with van der Waals surface area (Å²) in [6.07, 6.45) is 13.4. The Bertz CT molecular complexity index is 230. The summed E-state index contributed by atoms with van der Waals surface area (Å²) in [5.74, 6) is 4.04. The standard InChI is InChI=1S/C17H32O/c1-4-5-14-6-11-17(13(2)12-14)15-7-9-16(18-3)10-8-15/h13-17H,4-12H2,1-3H3/t13-,14+,15-,16-,17?/m1/s1. The zero-order valence-electron chi connectivity index (χ0n) is 12.7. The molecule has 0 radical (unpaired) electrons. The lowest BCUT2D eigenvalue weighted by Gasteiger charge is -2.41. The first-order valence-electron chi connectivity index (χ1n) is 8.27. The molecule has 0 aromatic carbocycles. The monoisotopic (exact) mass is 252 g/mol. The number of rotatable bonds is 4. The van der Waals surface area contributed by atoms with Gasteiger partial charge in [0.2, 0.25) is 0 Å². The summed E-state index contributed by atoms with van der Waals surface area (Å²) in [6.45, 7) is 4.86. The van der Waals surface area contributed by atoms with Gasteiger partial charge in [0.25, 0.3) is 0 Å². The maximum atomic E-state index is 5.50. The van der Waals surface area contributed by atoms with E-state index in [1.165, 1.54) is 57.8 Å². The highest BCUT2D eigenvalue weighted by Crippen LogP contribution is 2.44. The predicted molar refractivity (Wildman–Crippen MR) is 77.7 cm³/mol. The third-order valence-corrected chi connectivity index (χ3v) is 5.70. The Balaban J connectivity index is 1.80. The van der Waals surface area contributed by atoms with Gasteiger partial charge in [0.15, 0.2) is 0 Å². The molecule has 0 aromatic heterocycles. The first kappa shape index (κ1) is 14.4. The van der Waals surface area contributed by atoms with Gasteiger partial charge in [0.1, 0.15) is 0 Å². The fraction of sp³-hybridized carbons (Fsp3) is 1.00. The van der Waals surface area contributed by atoms with Crippen molar-refractivity contribution in [2.45, 2.75) is 77.7 Å². The molecule has 18 heavy (non-hydrogen) atoms. The molecular formula is C17H32O. The topological polar surface area (TPSA) is 9.23 Å². The lowest BCUT2D eigenvalue weighted by molar-refractivity contribution is 0.0275. The molecule has 0 heterocycles. The molecule has 0 bridgehead atoms. The fourth-order valence-electron chi connectivity index (χ4n) is 4.65. The lowest BCUT2D eigenvalue weighted by atomic mass is 9.65. The number of hydrogen-bond donors (Lipinski definition) is 0. The van der Waals surface area contributed by atoms with Crippen LogP contribution in [0.1, 0.15) is 71.6 Å². The van der Waals surface area contributed by atoms with E-state index in [-0.39, 0.29) is 0 Å². The highest BCUT2D eigenvalue weighted by Gasteiger charge is 2.34. The average Bonchev–Trinajstić information content (AvgIpc) is 2.40. The molecule has 2 rings (SSSR count). The van der Waals surface area contributed by atoms with Crippen molar-refractivity contribution in [2.24, 2.45) is 23.7 Å². The van der Waals surface area contributed by atoms with Crippen LogP contribution >= 0.6 is 0 Å². The van der Waals surface area contributed by atoms with Crippen LogP contribution in [-0.4, -0.2) is 13.2 Å². The summed E-state index contributed by atoms with van der Waals surface area (Å²) >= 11 is 0. The van der Waals surface area contributed by atoms with E-state index < -0.39 is 0 Å². The largest absolute Gasteiger partial charge is 0.381 e. The van der Waals surface area contributed by atoms with Gasteiger partial charge in [0.05, 0.1) is 6.10 Å². The second-order valence-electron chi connectivity index (χ2n) is 6.88. The molecule has 106 valence electrons. The van der Waals surface area contributed by atoms with Crippen LogP contribution in [0.3, 0.4) is 0 Å². The van der Waals surface area contributed by atoms with Crippen molar-refractivity contribution >= 4 is 0 Å². The summed E-state index contributed by atoms with van der Waals surface area (Å²) < 4.78 is 5.50. The van der Waals surface area contributed by atoms with Crippen molar-refractivity contribution in [1.29, 1.82) is 0 Å². The molecule has 0 aliphatic heterocycles. The highest BCUT2D eigenvalue weighted by atomic mass is 16.5. The van der Waals surface area contributed by atoms with Crippen LogP contribution in [0.2, 0.25) is 0 Å². The zero-order chi connectivity index (χ0) is 13.0. The minimum absolute atomic E-state index is 0.563. The number of hydrogen-bond acceptors (Lipinski definition) is 1. The molecule has 0 aromatic rings. The van der Waals surface area contributed by atoms with Crippen LogP contribution in [0.5, 0.6) is 0 Å². The third-order valence-electron chi connectivity index (χ3n) is 5.70. The molecule has 2 fully saturated rings. The smallest absolute Gasteiger partial charge is 0.0571 e. The Morgan fingerprint density at radius 1 is 1.00 bits per heavy atom. The predicted octanol–water partition coefficient (Wildman–Crippen LogP) is 5.04. The van der Waals surface area contributed by atoms with Crippen LogP contribution in [0, 0.1) is 23.7 Å². The van der Waals surface area contributed by atoms with Gasteiger partial charge >= 0.3 is 0 Å². The molecule has 0 amide bonds. The molecule has 0 spiro atoms. The molecule has 0 saturated heterocycles.